The normalized spacial score (nSPS) is 11.3. The second-order valence-electron chi connectivity index (χ2n) is 5.37. The Bertz CT molecular complexity index is 814. The van der Waals surface area contributed by atoms with Crippen LogP contribution in [0, 0.1) is 5.92 Å². The highest BCUT2D eigenvalue weighted by Crippen LogP contribution is 2.10. The van der Waals surface area contributed by atoms with E-state index in [9.17, 15) is 14.4 Å². The topological polar surface area (TPSA) is 122 Å². The Balaban J connectivity index is 2.66. The van der Waals surface area contributed by atoms with Crippen LogP contribution in [0.5, 0.6) is 0 Å². The SMILES string of the molecule is CCn1c(=O)c2[nH]c(NCC(=O)O)nc2n(CC(C)C)c1=O. The zero-order valence-electron chi connectivity index (χ0n) is 12.7. The second-order valence-corrected chi connectivity index (χ2v) is 5.37. The van der Waals surface area contributed by atoms with Gasteiger partial charge < -0.3 is 15.4 Å². The van der Waals surface area contributed by atoms with Crippen molar-refractivity contribution in [3.05, 3.63) is 20.8 Å². The van der Waals surface area contributed by atoms with Gasteiger partial charge in [0.05, 0.1) is 0 Å². The molecule has 2 rings (SSSR count). The fraction of sp³-hybridized carbons (Fsp3) is 0.538. The molecule has 0 aliphatic rings. The van der Waals surface area contributed by atoms with Gasteiger partial charge in [-0.25, -0.2) is 4.79 Å². The number of H-pyrrole nitrogens is 1. The molecule has 0 saturated heterocycles. The summed E-state index contributed by atoms with van der Waals surface area (Å²) in [6.45, 7) is 5.96. The molecule has 0 atom stereocenters. The summed E-state index contributed by atoms with van der Waals surface area (Å²) in [6.07, 6.45) is 0. The molecule has 0 bridgehead atoms. The number of rotatable bonds is 6. The van der Waals surface area contributed by atoms with Crippen LogP contribution in [0.1, 0.15) is 20.8 Å². The quantitative estimate of drug-likeness (QED) is 0.693. The van der Waals surface area contributed by atoms with Crippen LogP contribution in [0.15, 0.2) is 9.59 Å². The molecule has 120 valence electrons. The number of aliphatic carboxylic acids is 1. The van der Waals surface area contributed by atoms with E-state index in [0.717, 1.165) is 4.57 Å². The first-order chi connectivity index (χ1) is 10.3. The lowest BCUT2D eigenvalue weighted by atomic mass is 10.2. The number of nitrogens with one attached hydrogen (secondary N) is 2. The number of carboxylic acid groups (broad SMARTS) is 1. The number of carbonyl (C=O) groups is 1. The van der Waals surface area contributed by atoms with Gasteiger partial charge in [0.25, 0.3) is 5.56 Å². The molecule has 0 unspecified atom stereocenters. The Morgan fingerprint density at radius 2 is 2.05 bits per heavy atom. The van der Waals surface area contributed by atoms with Gasteiger partial charge in [0.1, 0.15) is 6.54 Å². The number of aromatic nitrogens is 4. The van der Waals surface area contributed by atoms with Gasteiger partial charge in [-0.1, -0.05) is 13.8 Å². The van der Waals surface area contributed by atoms with Crippen LogP contribution in [-0.2, 0) is 17.9 Å². The van der Waals surface area contributed by atoms with Crippen LogP contribution in [0.3, 0.4) is 0 Å². The number of fused-ring (bicyclic) bond motifs is 1. The van der Waals surface area contributed by atoms with Crippen molar-refractivity contribution >= 4 is 23.1 Å². The number of carboxylic acids is 1. The van der Waals surface area contributed by atoms with Crippen molar-refractivity contribution in [1.29, 1.82) is 0 Å². The number of nitrogens with zero attached hydrogens (tertiary/aromatic N) is 3. The number of imidazole rings is 1. The van der Waals surface area contributed by atoms with Crippen molar-refractivity contribution in [3.63, 3.8) is 0 Å². The molecule has 0 aliphatic carbocycles. The fourth-order valence-electron chi connectivity index (χ4n) is 2.22. The van der Waals surface area contributed by atoms with Crippen LogP contribution >= 0.6 is 0 Å². The standard InChI is InChI=1S/C13H19N5O4/c1-4-17-11(21)9-10(18(13(17)22)6-7(2)3)16-12(15-9)14-5-8(19)20/h7H,4-6H2,1-3H3,(H,19,20)(H2,14,15,16). The molecule has 0 radical (unpaired) electrons. The molecule has 2 aromatic heterocycles. The summed E-state index contributed by atoms with van der Waals surface area (Å²) in [6, 6.07) is 0. The van der Waals surface area contributed by atoms with E-state index in [4.69, 9.17) is 5.11 Å². The lowest BCUT2D eigenvalue weighted by molar-refractivity contribution is -0.134. The molecule has 3 N–H and O–H groups in total. The molecular formula is C13H19N5O4. The predicted molar refractivity (Wildman–Crippen MR) is 81.3 cm³/mol. The van der Waals surface area contributed by atoms with Crippen LogP contribution < -0.4 is 16.6 Å². The molecule has 0 aliphatic heterocycles. The summed E-state index contributed by atoms with van der Waals surface area (Å²) in [5.74, 6) is -0.706. The van der Waals surface area contributed by atoms with Gasteiger partial charge in [-0.3, -0.25) is 18.7 Å². The first-order valence-electron chi connectivity index (χ1n) is 7.04. The zero-order valence-corrected chi connectivity index (χ0v) is 12.7. The fourth-order valence-corrected chi connectivity index (χ4v) is 2.22. The van der Waals surface area contributed by atoms with E-state index < -0.39 is 17.2 Å². The maximum Gasteiger partial charge on any atom is 0.332 e. The third-order valence-electron chi connectivity index (χ3n) is 3.13. The number of anilines is 1. The van der Waals surface area contributed by atoms with Crippen LogP contribution in [0.2, 0.25) is 0 Å². The lowest BCUT2D eigenvalue weighted by Gasteiger charge is -2.11. The molecule has 9 heteroatoms. The maximum absolute atomic E-state index is 12.4. The van der Waals surface area contributed by atoms with E-state index >= 15 is 0 Å². The summed E-state index contributed by atoms with van der Waals surface area (Å²) in [7, 11) is 0. The van der Waals surface area contributed by atoms with Crippen molar-refractivity contribution in [2.24, 2.45) is 5.92 Å². The molecule has 0 fully saturated rings. The van der Waals surface area contributed by atoms with Gasteiger partial charge in [-0.05, 0) is 12.8 Å². The Labute approximate surface area is 125 Å². The van der Waals surface area contributed by atoms with E-state index in [1.165, 1.54) is 4.57 Å². The van der Waals surface area contributed by atoms with E-state index in [2.05, 4.69) is 15.3 Å². The number of hydrogen-bond donors (Lipinski definition) is 3. The van der Waals surface area contributed by atoms with Crippen molar-refractivity contribution in [1.82, 2.24) is 19.1 Å². The maximum atomic E-state index is 12.4. The third-order valence-corrected chi connectivity index (χ3v) is 3.13. The van der Waals surface area contributed by atoms with Crippen molar-refractivity contribution in [2.75, 3.05) is 11.9 Å². The van der Waals surface area contributed by atoms with Crippen LogP contribution in [-0.4, -0.2) is 36.7 Å². The summed E-state index contributed by atoms with van der Waals surface area (Å²) < 4.78 is 2.57. The van der Waals surface area contributed by atoms with Gasteiger partial charge in [-0.2, -0.15) is 4.98 Å². The smallest absolute Gasteiger partial charge is 0.332 e. The Kier molecular flexibility index (Phi) is 4.34. The lowest BCUT2D eigenvalue weighted by Crippen LogP contribution is -2.40. The van der Waals surface area contributed by atoms with Crippen molar-refractivity contribution < 1.29 is 9.90 Å². The molecule has 22 heavy (non-hydrogen) atoms. The summed E-state index contributed by atoms with van der Waals surface area (Å²) in [4.78, 5) is 42.2. The van der Waals surface area contributed by atoms with Gasteiger partial charge in [-0.15, -0.1) is 0 Å². The highest BCUT2D eigenvalue weighted by molar-refractivity contribution is 5.75. The highest BCUT2D eigenvalue weighted by atomic mass is 16.4. The Hall–Kier alpha value is -2.58. The number of aromatic amines is 1. The molecule has 2 aromatic rings. The number of hydrogen-bond acceptors (Lipinski definition) is 5. The molecule has 0 saturated carbocycles. The van der Waals surface area contributed by atoms with Gasteiger partial charge in [0.2, 0.25) is 5.95 Å². The van der Waals surface area contributed by atoms with E-state index in [1.54, 1.807) is 6.92 Å². The predicted octanol–water partition coefficient (Wildman–Crippen LogP) is 0.0587. The zero-order chi connectivity index (χ0) is 16.4. The Morgan fingerprint density at radius 3 is 2.59 bits per heavy atom. The van der Waals surface area contributed by atoms with Crippen molar-refractivity contribution in [2.45, 2.75) is 33.9 Å². The van der Waals surface area contributed by atoms with Gasteiger partial charge >= 0.3 is 11.7 Å². The average molecular weight is 309 g/mol. The summed E-state index contributed by atoms with van der Waals surface area (Å²) in [5, 5.41) is 11.2. The highest BCUT2D eigenvalue weighted by Gasteiger charge is 2.17. The molecule has 0 aromatic carbocycles. The average Bonchev–Trinajstić information content (AvgIpc) is 2.86. The van der Waals surface area contributed by atoms with E-state index in [-0.39, 0.29) is 36.1 Å². The molecule has 0 spiro atoms. The van der Waals surface area contributed by atoms with E-state index in [0.29, 0.717) is 6.54 Å². The van der Waals surface area contributed by atoms with Gasteiger partial charge in [0.15, 0.2) is 11.2 Å². The van der Waals surface area contributed by atoms with E-state index in [1.807, 2.05) is 13.8 Å². The summed E-state index contributed by atoms with van der Waals surface area (Å²) in [5.41, 5.74) is -0.445. The minimum Gasteiger partial charge on any atom is -0.480 e. The molecular weight excluding hydrogens is 290 g/mol. The molecule has 2 heterocycles. The summed E-state index contributed by atoms with van der Waals surface area (Å²) >= 11 is 0. The first kappa shape index (κ1) is 15.8. The first-order valence-corrected chi connectivity index (χ1v) is 7.04. The third kappa shape index (κ3) is 2.87. The largest absolute Gasteiger partial charge is 0.480 e. The second kappa shape index (κ2) is 6.04. The monoisotopic (exact) mass is 309 g/mol. The molecule has 9 nitrogen and oxygen atoms in total. The minimum absolute atomic E-state index is 0.153. The van der Waals surface area contributed by atoms with Crippen molar-refractivity contribution in [3.8, 4) is 0 Å². The molecule has 0 amide bonds. The van der Waals surface area contributed by atoms with Crippen LogP contribution in [0.4, 0.5) is 5.95 Å². The Morgan fingerprint density at radius 1 is 1.36 bits per heavy atom. The minimum atomic E-state index is -1.05. The van der Waals surface area contributed by atoms with Gasteiger partial charge in [0, 0.05) is 13.1 Å². The van der Waals surface area contributed by atoms with Crippen LogP contribution in [0.25, 0.3) is 11.2 Å².